The first-order valence-electron chi connectivity index (χ1n) is 6.30. The van der Waals surface area contributed by atoms with E-state index < -0.39 is 0 Å². The molecule has 1 heterocycles. The van der Waals surface area contributed by atoms with Crippen molar-refractivity contribution in [3.63, 3.8) is 0 Å². The predicted octanol–water partition coefficient (Wildman–Crippen LogP) is 2.97. The smallest absolute Gasteiger partial charge is 0.136 e. The first kappa shape index (κ1) is 14.0. The molecule has 0 saturated heterocycles. The molecule has 0 aliphatic carbocycles. The van der Waals surface area contributed by atoms with E-state index in [0.29, 0.717) is 13.2 Å². The van der Waals surface area contributed by atoms with Crippen LogP contribution >= 0.6 is 15.9 Å². The second kappa shape index (κ2) is 7.26. The molecule has 100 valence electrons. The van der Waals surface area contributed by atoms with Crippen LogP contribution in [0.25, 0.3) is 0 Å². The molecule has 1 aromatic carbocycles. The van der Waals surface area contributed by atoms with Gasteiger partial charge in [0, 0.05) is 18.8 Å². The van der Waals surface area contributed by atoms with Crippen LogP contribution in [0.2, 0.25) is 0 Å². The Morgan fingerprint density at radius 2 is 2.05 bits per heavy atom. The topological polar surface area (TPSA) is 48.1 Å². The second-order valence-electron chi connectivity index (χ2n) is 4.23. The number of para-hydroxylation sites is 1. The molecule has 0 atom stereocenters. The number of nitrogens with two attached hydrogens (primary N) is 1. The summed E-state index contributed by atoms with van der Waals surface area (Å²) in [7, 11) is 0. The van der Waals surface area contributed by atoms with Gasteiger partial charge in [0.1, 0.15) is 5.75 Å². The van der Waals surface area contributed by atoms with Crippen LogP contribution in [-0.4, -0.2) is 18.1 Å². The summed E-state index contributed by atoms with van der Waals surface area (Å²) in [6.07, 6.45) is 5.31. The molecule has 0 unspecified atom stereocenters. The number of ether oxygens (including phenoxy) is 1. The fraction of sp³-hybridized carbons (Fsp3) is 0.267. The minimum atomic E-state index is 0.620. The monoisotopic (exact) mass is 320 g/mol. The molecule has 0 bridgehead atoms. The van der Waals surface area contributed by atoms with Gasteiger partial charge in [-0.1, -0.05) is 18.2 Å². The van der Waals surface area contributed by atoms with Gasteiger partial charge < -0.3 is 10.5 Å². The van der Waals surface area contributed by atoms with Crippen molar-refractivity contribution in [2.45, 2.75) is 12.8 Å². The van der Waals surface area contributed by atoms with E-state index in [1.54, 1.807) is 6.20 Å². The van der Waals surface area contributed by atoms with Gasteiger partial charge in [-0.15, -0.1) is 0 Å². The summed E-state index contributed by atoms with van der Waals surface area (Å²) in [5, 5.41) is 0. The van der Waals surface area contributed by atoms with Crippen LogP contribution in [0, 0.1) is 0 Å². The molecule has 2 aromatic rings. The van der Waals surface area contributed by atoms with E-state index in [0.717, 1.165) is 28.6 Å². The maximum atomic E-state index is 5.89. The Morgan fingerprint density at radius 3 is 2.79 bits per heavy atom. The zero-order valence-corrected chi connectivity index (χ0v) is 12.3. The highest BCUT2D eigenvalue weighted by atomic mass is 79.9. The Hall–Kier alpha value is -1.39. The molecule has 4 heteroatoms. The van der Waals surface area contributed by atoms with Crippen molar-refractivity contribution in [3.8, 4) is 5.75 Å². The number of hydrogen-bond donors (Lipinski definition) is 1. The van der Waals surface area contributed by atoms with Gasteiger partial charge in [0.25, 0.3) is 0 Å². The maximum Gasteiger partial charge on any atom is 0.136 e. The van der Waals surface area contributed by atoms with E-state index in [4.69, 9.17) is 10.5 Å². The average Bonchev–Trinajstić information content (AvgIpc) is 2.43. The lowest BCUT2D eigenvalue weighted by atomic mass is 10.1. The summed E-state index contributed by atoms with van der Waals surface area (Å²) in [4.78, 5) is 4.09. The van der Waals surface area contributed by atoms with E-state index in [9.17, 15) is 0 Å². The van der Waals surface area contributed by atoms with Gasteiger partial charge in [-0.3, -0.25) is 4.98 Å². The summed E-state index contributed by atoms with van der Waals surface area (Å²) >= 11 is 3.53. The van der Waals surface area contributed by atoms with E-state index in [1.165, 1.54) is 5.56 Å². The van der Waals surface area contributed by atoms with E-state index in [2.05, 4.69) is 33.0 Å². The molecule has 0 amide bonds. The van der Waals surface area contributed by atoms with E-state index >= 15 is 0 Å². The van der Waals surface area contributed by atoms with E-state index in [-0.39, 0.29) is 0 Å². The number of pyridine rings is 1. The molecule has 2 N–H and O–H groups in total. The predicted molar refractivity (Wildman–Crippen MR) is 80.3 cm³/mol. The normalized spacial score (nSPS) is 10.4. The molecule has 0 fully saturated rings. The molecular weight excluding hydrogens is 304 g/mol. The summed E-state index contributed by atoms with van der Waals surface area (Å²) in [5.41, 5.74) is 7.94. The summed E-state index contributed by atoms with van der Waals surface area (Å²) in [6.45, 7) is 1.25. The van der Waals surface area contributed by atoms with Gasteiger partial charge in [0.15, 0.2) is 0 Å². The maximum absolute atomic E-state index is 5.89. The first-order chi connectivity index (χ1) is 9.31. The molecule has 0 spiro atoms. The Kier molecular flexibility index (Phi) is 5.36. The molecule has 0 radical (unpaired) electrons. The molecule has 0 saturated carbocycles. The third-order valence-corrected chi connectivity index (χ3v) is 3.45. The average molecular weight is 321 g/mol. The lowest BCUT2D eigenvalue weighted by Gasteiger charge is -2.12. The standard InChI is InChI=1S/C15H17BrN2O/c16-14-5-1-4-13(6-8-17)15(14)19-10-7-12-3-2-9-18-11-12/h1-5,9,11H,6-8,10,17H2. The Labute approximate surface area is 121 Å². The summed E-state index contributed by atoms with van der Waals surface area (Å²) in [6, 6.07) is 10.0. The zero-order chi connectivity index (χ0) is 13.5. The van der Waals surface area contributed by atoms with Crippen LogP contribution in [-0.2, 0) is 12.8 Å². The third kappa shape index (κ3) is 4.04. The molecule has 0 aliphatic rings. The molecule has 1 aromatic heterocycles. The molecule has 3 nitrogen and oxygen atoms in total. The quantitative estimate of drug-likeness (QED) is 0.890. The van der Waals surface area contributed by atoms with E-state index in [1.807, 2.05) is 24.4 Å². The van der Waals surface area contributed by atoms with Gasteiger partial charge in [0.05, 0.1) is 11.1 Å². The zero-order valence-electron chi connectivity index (χ0n) is 10.7. The van der Waals surface area contributed by atoms with Crippen LogP contribution in [0.4, 0.5) is 0 Å². The highest BCUT2D eigenvalue weighted by Gasteiger charge is 2.07. The fourth-order valence-electron chi connectivity index (χ4n) is 1.88. The number of aromatic nitrogens is 1. The summed E-state index contributed by atoms with van der Waals surface area (Å²) in [5.74, 6) is 0.900. The highest BCUT2D eigenvalue weighted by molar-refractivity contribution is 9.10. The van der Waals surface area contributed by atoms with Crippen molar-refractivity contribution >= 4 is 15.9 Å². The lowest BCUT2D eigenvalue weighted by Crippen LogP contribution is -2.08. The Morgan fingerprint density at radius 1 is 1.16 bits per heavy atom. The van der Waals surface area contributed by atoms with Crippen LogP contribution in [0.15, 0.2) is 47.2 Å². The number of nitrogens with zero attached hydrogens (tertiary/aromatic N) is 1. The lowest BCUT2D eigenvalue weighted by molar-refractivity contribution is 0.316. The Bertz CT molecular complexity index is 517. The van der Waals surface area contributed by atoms with Gasteiger partial charge >= 0.3 is 0 Å². The number of halogens is 1. The van der Waals surface area contributed by atoms with Gasteiger partial charge in [-0.05, 0) is 52.2 Å². The van der Waals surface area contributed by atoms with Crippen LogP contribution in [0.5, 0.6) is 5.75 Å². The molecular formula is C15H17BrN2O. The second-order valence-corrected chi connectivity index (χ2v) is 5.08. The number of hydrogen-bond acceptors (Lipinski definition) is 3. The highest BCUT2D eigenvalue weighted by Crippen LogP contribution is 2.29. The van der Waals surface area contributed by atoms with Crippen LogP contribution in [0.3, 0.4) is 0 Å². The molecule has 0 aliphatic heterocycles. The SMILES string of the molecule is NCCc1cccc(Br)c1OCCc1cccnc1. The largest absolute Gasteiger partial charge is 0.492 e. The number of rotatable bonds is 6. The number of benzene rings is 1. The Balaban J connectivity index is 1.99. The molecule has 19 heavy (non-hydrogen) atoms. The molecule has 2 rings (SSSR count). The van der Waals surface area contributed by atoms with Gasteiger partial charge in [-0.25, -0.2) is 0 Å². The van der Waals surface area contributed by atoms with Gasteiger partial charge in [0.2, 0.25) is 0 Å². The summed E-state index contributed by atoms with van der Waals surface area (Å²) < 4.78 is 6.87. The van der Waals surface area contributed by atoms with Crippen molar-refractivity contribution in [1.29, 1.82) is 0 Å². The fourth-order valence-corrected chi connectivity index (χ4v) is 2.41. The van der Waals surface area contributed by atoms with Crippen molar-refractivity contribution in [2.24, 2.45) is 5.73 Å². The van der Waals surface area contributed by atoms with Crippen molar-refractivity contribution in [2.75, 3.05) is 13.2 Å². The first-order valence-corrected chi connectivity index (χ1v) is 7.09. The van der Waals surface area contributed by atoms with Crippen molar-refractivity contribution in [1.82, 2.24) is 4.98 Å². The minimum Gasteiger partial charge on any atom is -0.492 e. The van der Waals surface area contributed by atoms with Crippen LogP contribution in [0.1, 0.15) is 11.1 Å². The van der Waals surface area contributed by atoms with Gasteiger partial charge in [-0.2, -0.15) is 0 Å². The minimum absolute atomic E-state index is 0.620. The van der Waals surface area contributed by atoms with Crippen LogP contribution < -0.4 is 10.5 Å². The van der Waals surface area contributed by atoms with Crippen molar-refractivity contribution < 1.29 is 4.74 Å². The van der Waals surface area contributed by atoms with Crippen molar-refractivity contribution in [3.05, 3.63) is 58.3 Å². The third-order valence-electron chi connectivity index (χ3n) is 2.82.